The Balaban J connectivity index is 2.01. The van der Waals surface area contributed by atoms with E-state index in [0.29, 0.717) is 18.6 Å². The maximum absolute atomic E-state index is 9.45. The van der Waals surface area contributed by atoms with Crippen molar-refractivity contribution in [2.75, 3.05) is 26.2 Å². The van der Waals surface area contributed by atoms with Gasteiger partial charge in [-0.1, -0.05) is 19.8 Å². The number of aliphatic hydroxyl groups is 1. The zero-order chi connectivity index (χ0) is 10.7. The van der Waals surface area contributed by atoms with Gasteiger partial charge in [0.25, 0.3) is 0 Å². The van der Waals surface area contributed by atoms with Crippen LogP contribution in [-0.2, 0) is 0 Å². The second kappa shape index (κ2) is 5.28. The number of nitrogens with zero attached hydrogens (tertiary/aromatic N) is 1. The molecule has 1 heterocycles. The van der Waals surface area contributed by atoms with Gasteiger partial charge in [-0.2, -0.15) is 0 Å². The third-order valence-electron chi connectivity index (χ3n) is 3.87. The van der Waals surface area contributed by atoms with Crippen LogP contribution in [0, 0.1) is 5.92 Å². The molecule has 2 aliphatic rings. The molecule has 2 N–H and O–H groups in total. The molecule has 1 saturated carbocycles. The van der Waals surface area contributed by atoms with Crippen LogP contribution in [0.25, 0.3) is 0 Å². The van der Waals surface area contributed by atoms with Crippen LogP contribution in [0.4, 0.5) is 0 Å². The van der Waals surface area contributed by atoms with Crippen LogP contribution < -0.4 is 5.32 Å². The summed E-state index contributed by atoms with van der Waals surface area (Å²) in [4.78, 5) is 2.57. The van der Waals surface area contributed by atoms with Crippen molar-refractivity contribution in [2.45, 2.75) is 44.7 Å². The fourth-order valence-corrected chi connectivity index (χ4v) is 3.04. The summed E-state index contributed by atoms with van der Waals surface area (Å²) < 4.78 is 0. The van der Waals surface area contributed by atoms with Crippen LogP contribution in [0.1, 0.15) is 32.6 Å². The molecule has 0 aromatic rings. The maximum Gasteiger partial charge on any atom is 0.0599 e. The van der Waals surface area contributed by atoms with Gasteiger partial charge in [-0.15, -0.1) is 0 Å². The predicted molar refractivity (Wildman–Crippen MR) is 61.9 cm³/mol. The molecule has 1 saturated heterocycles. The Morgan fingerprint density at radius 1 is 1.27 bits per heavy atom. The zero-order valence-corrected chi connectivity index (χ0v) is 9.78. The normalized spacial score (nSPS) is 35.6. The topological polar surface area (TPSA) is 35.5 Å². The number of aliphatic hydroxyl groups excluding tert-OH is 1. The van der Waals surface area contributed by atoms with E-state index in [2.05, 4.69) is 17.1 Å². The molecule has 88 valence electrons. The molecule has 0 radical (unpaired) electrons. The van der Waals surface area contributed by atoms with Gasteiger partial charge >= 0.3 is 0 Å². The van der Waals surface area contributed by atoms with Gasteiger partial charge in [-0.3, -0.25) is 4.90 Å². The quantitative estimate of drug-likeness (QED) is 0.712. The maximum atomic E-state index is 9.45. The lowest BCUT2D eigenvalue weighted by molar-refractivity contribution is 0.0852. The van der Waals surface area contributed by atoms with Crippen molar-refractivity contribution in [1.82, 2.24) is 10.2 Å². The van der Waals surface area contributed by atoms with Crippen LogP contribution >= 0.6 is 0 Å². The van der Waals surface area contributed by atoms with Gasteiger partial charge in [0.2, 0.25) is 0 Å². The standard InChI is InChI=1S/C12H24N2O/c1-10-6-13-7-12(9-15)14(8-10)11-4-2-3-5-11/h10-13,15H,2-9H2,1H3. The van der Waals surface area contributed by atoms with E-state index in [0.717, 1.165) is 25.7 Å². The summed E-state index contributed by atoms with van der Waals surface area (Å²) in [6, 6.07) is 1.09. The van der Waals surface area contributed by atoms with Gasteiger partial charge in [0.1, 0.15) is 0 Å². The van der Waals surface area contributed by atoms with Crippen LogP contribution in [0.5, 0.6) is 0 Å². The third-order valence-corrected chi connectivity index (χ3v) is 3.87. The number of hydrogen-bond donors (Lipinski definition) is 2. The fraction of sp³-hybridized carbons (Fsp3) is 1.00. The van der Waals surface area contributed by atoms with Crippen molar-refractivity contribution in [3.8, 4) is 0 Å². The third kappa shape index (κ3) is 2.71. The first-order valence-corrected chi connectivity index (χ1v) is 6.38. The second-order valence-electron chi connectivity index (χ2n) is 5.23. The summed E-state index contributed by atoms with van der Waals surface area (Å²) in [5, 5.41) is 12.9. The average molecular weight is 212 g/mol. The molecule has 0 amide bonds. The summed E-state index contributed by atoms with van der Waals surface area (Å²) in [5.41, 5.74) is 0. The van der Waals surface area contributed by atoms with E-state index in [1.165, 1.54) is 25.7 Å². The second-order valence-corrected chi connectivity index (χ2v) is 5.23. The average Bonchev–Trinajstić information content (AvgIpc) is 2.69. The monoisotopic (exact) mass is 212 g/mol. The van der Waals surface area contributed by atoms with Crippen molar-refractivity contribution >= 4 is 0 Å². The molecule has 2 atom stereocenters. The Morgan fingerprint density at radius 2 is 2.00 bits per heavy atom. The Labute approximate surface area is 92.8 Å². The van der Waals surface area contributed by atoms with Crippen molar-refractivity contribution in [1.29, 1.82) is 0 Å². The first-order chi connectivity index (χ1) is 7.31. The van der Waals surface area contributed by atoms with Gasteiger partial charge in [0, 0.05) is 25.2 Å². The summed E-state index contributed by atoms with van der Waals surface area (Å²) in [7, 11) is 0. The van der Waals surface area contributed by atoms with E-state index in [1.807, 2.05) is 0 Å². The molecule has 0 aromatic heterocycles. The molecule has 15 heavy (non-hydrogen) atoms. The van der Waals surface area contributed by atoms with Gasteiger partial charge < -0.3 is 10.4 Å². The highest BCUT2D eigenvalue weighted by Gasteiger charge is 2.30. The molecule has 2 rings (SSSR count). The first kappa shape index (κ1) is 11.4. The lowest BCUT2D eigenvalue weighted by atomic mass is 10.1. The fourth-order valence-electron chi connectivity index (χ4n) is 3.04. The summed E-state index contributed by atoms with van der Waals surface area (Å²) in [6.07, 6.45) is 5.43. The summed E-state index contributed by atoms with van der Waals surface area (Å²) in [6.45, 7) is 5.81. The summed E-state index contributed by atoms with van der Waals surface area (Å²) >= 11 is 0. The Morgan fingerprint density at radius 3 is 2.67 bits per heavy atom. The van der Waals surface area contributed by atoms with E-state index in [9.17, 15) is 5.11 Å². The molecule has 1 aliphatic carbocycles. The van der Waals surface area contributed by atoms with Gasteiger partial charge in [0.15, 0.2) is 0 Å². The highest BCUT2D eigenvalue weighted by Crippen LogP contribution is 2.26. The van der Waals surface area contributed by atoms with Crippen molar-refractivity contribution in [3.63, 3.8) is 0 Å². The lowest BCUT2D eigenvalue weighted by Crippen LogP contribution is -2.47. The molecule has 0 aromatic carbocycles. The van der Waals surface area contributed by atoms with E-state index in [-0.39, 0.29) is 0 Å². The largest absolute Gasteiger partial charge is 0.395 e. The molecular formula is C12H24N2O. The molecule has 0 bridgehead atoms. The molecule has 2 fully saturated rings. The molecule has 1 aliphatic heterocycles. The van der Waals surface area contributed by atoms with Crippen molar-refractivity contribution in [3.05, 3.63) is 0 Å². The highest BCUT2D eigenvalue weighted by molar-refractivity contribution is 4.87. The zero-order valence-electron chi connectivity index (χ0n) is 9.78. The molecule has 3 nitrogen and oxygen atoms in total. The Bertz CT molecular complexity index is 192. The van der Waals surface area contributed by atoms with E-state index in [1.54, 1.807) is 0 Å². The van der Waals surface area contributed by atoms with Gasteiger partial charge in [0.05, 0.1) is 6.61 Å². The van der Waals surface area contributed by atoms with E-state index >= 15 is 0 Å². The van der Waals surface area contributed by atoms with Gasteiger partial charge in [-0.25, -0.2) is 0 Å². The summed E-state index contributed by atoms with van der Waals surface area (Å²) in [5.74, 6) is 0.710. The SMILES string of the molecule is CC1CNCC(CO)N(C2CCCC2)C1. The number of hydrogen-bond acceptors (Lipinski definition) is 3. The molecule has 2 unspecified atom stereocenters. The highest BCUT2D eigenvalue weighted by atomic mass is 16.3. The lowest BCUT2D eigenvalue weighted by Gasteiger charge is -2.34. The molecular weight excluding hydrogens is 188 g/mol. The van der Waals surface area contributed by atoms with Gasteiger partial charge in [-0.05, 0) is 25.3 Å². The minimum Gasteiger partial charge on any atom is -0.395 e. The number of nitrogens with one attached hydrogen (secondary N) is 1. The Kier molecular flexibility index (Phi) is 4.00. The Hall–Kier alpha value is -0.120. The minimum absolute atomic E-state index is 0.302. The van der Waals surface area contributed by atoms with Crippen LogP contribution in [-0.4, -0.2) is 48.3 Å². The van der Waals surface area contributed by atoms with Crippen LogP contribution in [0.15, 0.2) is 0 Å². The molecule has 3 heteroatoms. The van der Waals surface area contributed by atoms with Crippen molar-refractivity contribution in [2.24, 2.45) is 5.92 Å². The number of rotatable bonds is 2. The predicted octanol–water partition coefficient (Wildman–Crippen LogP) is 0.831. The first-order valence-electron chi connectivity index (χ1n) is 6.38. The van der Waals surface area contributed by atoms with E-state index in [4.69, 9.17) is 0 Å². The van der Waals surface area contributed by atoms with Crippen LogP contribution in [0.3, 0.4) is 0 Å². The molecule has 0 spiro atoms. The smallest absolute Gasteiger partial charge is 0.0599 e. The van der Waals surface area contributed by atoms with Crippen LogP contribution in [0.2, 0.25) is 0 Å². The van der Waals surface area contributed by atoms with E-state index < -0.39 is 0 Å². The minimum atomic E-state index is 0.302. The van der Waals surface area contributed by atoms with Crippen molar-refractivity contribution < 1.29 is 5.11 Å².